The van der Waals surface area contributed by atoms with Crippen molar-refractivity contribution in [3.63, 3.8) is 0 Å². The van der Waals surface area contributed by atoms with E-state index in [4.69, 9.17) is 4.74 Å². The highest BCUT2D eigenvalue weighted by Gasteiger charge is 2.15. The molecule has 1 atom stereocenters. The molecule has 0 bridgehead atoms. The van der Waals surface area contributed by atoms with Crippen molar-refractivity contribution in [3.05, 3.63) is 0 Å². The summed E-state index contributed by atoms with van der Waals surface area (Å²) >= 11 is 0. The molecule has 16 heavy (non-hydrogen) atoms. The quantitative estimate of drug-likeness (QED) is 0.573. The molecule has 94 valence electrons. The van der Waals surface area contributed by atoms with Crippen LogP contribution in [0.3, 0.4) is 0 Å². The van der Waals surface area contributed by atoms with Crippen molar-refractivity contribution >= 4 is 0 Å². The fraction of sp³-hybridized carbons (Fsp3) is 1.00. The van der Waals surface area contributed by atoms with E-state index in [0.717, 1.165) is 12.6 Å². The highest BCUT2D eigenvalue weighted by atomic mass is 16.5. The molecular formula is C14H27NO. The molecule has 0 aromatic heterocycles. The Morgan fingerprint density at radius 1 is 0.938 bits per heavy atom. The van der Waals surface area contributed by atoms with Gasteiger partial charge in [-0.15, -0.1) is 0 Å². The zero-order valence-electron chi connectivity index (χ0n) is 10.5. The van der Waals surface area contributed by atoms with E-state index in [1.807, 2.05) is 0 Å². The van der Waals surface area contributed by atoms with Gasteiger partial charge in [-0.2, -0.15) is 0 Å². The normalized spacial score (nSPS) is 28.1. The Labute approximate surface area is 100 Å². The van der Waals surface area contributed by atoms with Gasteiger partial charge in [-0.3, -0.25) is 0 Å². The molecule has 1 aliphatic heterocycles. The second kappa shape index (κ2) is 7.29. The lowest BCUT2D eigenvalue weighted by Gasteiger charge is -2.16. The second-order valence-electron chi connectivity index (χ2n) is 5.42. The molecule has 1 saturated heterocycles. The molecular weight excluding hydrogens is 198 g/mol. The van der Waals surface area contributed by atoms with Gasteiger partial charge in [0.05, 0.1) is 6.10 Å². The predicted octanol–water partition coefficient (Wildman–Crippen LogP) is 3.26. The number of hydrogen-bond donors (Lipinski definition) is 1. The lowest BCUT2D eigenvalue weighted by Crippen LogP contribution is -2.29. The van der Waals surface area contributed by atoms with Crippen LogP contribution in [0.4, 0.5) is 0 Å². The molecule has 1 saturated carbocycles. The molecule has 1 heterocycles. The van der Waals surface area contributed by atoms with Crippen LogP contribution in [0.15, 0.2) is 0 Å². The molecule has 2 aliphatic rings. The molecule has 2 heteroatoms. The van der Waals surface area contributed by atoms with Gasteiger partial charge >= 0.3 is 0 Å². The van der Waals surface area contributed by atoms with Crippen LogP contribution in [0, 0.1) is 0 Å². The largest absolute Gasteiger partial charge is 0.378 e. The third kappa shape index (κ3) is 4.42. The van der Waals surface area contributed by atoms with E-state index in [0.29, 0.717) is 6.10 Å². The smallest absolute Gasteiger partial charge is 0.0576 e. The van der Waals surface area contributed by atoms with E-state index in [1.54, 1.807) is 0 Å². The zero-order valence-corrected chi connectivity index (χ0v) is 10.5. The molecule has 1 aliphatic carbocycles. The molecule has 0 spiro atoms. The fourth-order valence-corrected chi connectivity index (χ4v) is 2.99. The number of nitrogens with one attached hydrogen (secondary N) is 1. The van der Waals surface area contributed by atoms with Crippen molar-refractivity contribution in [2.75, 3.05) is 13.2 Å². The first-order valence-electron chi connectivity index (χ1n) is 7.30. The Kier molecular flexibility index (Phi) is 5.64. The molecule has 2 rings (SSSR count). The van der Waals surface area contributed by atoms with Crippen LogP contribution >= 0.6 is 0 Å². The standard InChI is InChI=1S/C14H27NO/c1-2-4-8-13(7-3-1)15-11-5-9-14-10-6-12-16-14/h13-15H,1-12H2. The molecule has 0 aromatic carbocycles. The van der Waals surface area contributed by atoms with Gasteiger partial charge in [0.2, 0.25) is 0 Å². The Bertz CT molecular complexity index is 170. The topological polar surface area (TPSA) is 21.3 Å². The SMILES string of the molecule is C1CCCC(NCCCC2CCCO2)CC1. The maximum absolute atomic E-state index is 5.64. The number of hydrogen-bond acceptors (Lipinski definition) is 2. The maximum atomic E-state index is 5.64. The third-order valence-corrected chi connectivity index (χ3v) is 4.02. The molecule has 2 fully saturated rings. The third-order valence-electron chi connectivity index (χ3n) is 4.02. The van der Waals surface area contributed by atoms with Crippen molar-refractivity contribution in [2.45, 2.75) is 76.4 Å². The minimum atomic E-state index is 0.580. The van der Waals surface area contributed by atoms with Crippen LogP contribution in [-0.4, -0.2) is 25.3 Å². The Morgan fingerprint density at radius 3 is 2.44 bits per heavy atom. The van der Waals surface area contributed by atoms with Crippen LogP contribution in [0.25, 0.3) is 0 Å². The van der Waals surface area contributed by atoms with Crippen LogP contribution in [-0.2, 0) is 4.74 Å². The van der Waals surface area contributed by atoms with E-state index in [9.17, 15) is 0 Å². The lowest BCUT2D eigenvalue weighted by molar-refractivity contribution is 0.102. The van der Waals surface area contributed by atoms with Gasteiger partial charge in [0, 0.05) is 12.6 Å². The molecule has 0 amide bonds. The van der Waals surface area contributed by atoms with Gasteiger partial charge in [0.1, 0.15) is 0 Å². The first-order chi connectivity index (χ1) is 7.95. The predicted molar refractivity (Wildman–Crippen MR) is 67.7 cm³/mol. The summed E-state index contributed by atoms with van der Waals surface area (Å²) in [6, 6.07) is 0.812. The van der Waals surface area contributed by atoms with Crippen LogP contribution in [0.5, 0.6) is 0 Å². The summed E-state index contributed by atoms with van der Waals surface area (Å²) in [5, 5.41) is 3.73. The van der Waals surface area contributed by atoms with Crippen LogP contribution in [0.2, 0.25) is 0 Å². The summed E-state index contributed by atoms with van der Waals surface area (Å²) in [4.78, 5) is 0. The minimum absolute atomic E-state index is 0.580. The number of ether oxygens (including phenoxy) is 1. The molecule has 1 unspecified atom stereocenters. The van der Waals surface area contributed by atoms with Gasteiger partial charge < -0.3 is 10.1 Å². The second-order valence-corrected chi connectivity index (χ2v) is 5.42. The van der Waals surface area contributed by atoms with E-state index in [1.165, 1.54) is 70.8 Å². The van der Waals surface area contributed by atoms with Crippen molar-refractivity contribution in [2.24, 2.45) is 0 Å². The average molecular weight is 225 g/mol. The fourth-order valence-electron chi connectivity index (χ4n) is 2.99. The monoisotopic (exact) mass is 225 g/mol. The van der Waals surface area contributed by atoms with Crippen molar-refractivity contribution < 1.29 is 4.74 Å². The summed E-state index contributed by atoms with van der Waals surface area (Å²) in [5.74, 6) is 0. The average Bonchev–Trinajstić information content (AvgIpc) is 2.68. The van der Waals surface area contributed by atoms with Crippen molar-refractivity contribution in [3.8, 4) is 0 Å². The molecule has 2 nitrogen and oxygen atoms in total. The molecule has 0 aromatic rings. The lowest BCUT2D eigenvalue weighted by atomic mass is 10.1. The summed E-state index contributed by atoms with van der Waals surface area (Å²) in [6.45, 7) is 2.20. The van der Waals surface area contributed by atoms with E-state index in [2.05, 4.69) is 5.32 Å². The van der Waals surface area contributed by atoms with Crippen molar-refractivity contribution in [1.29, 1.82) is 0 Å². The van der Waals surface area contributed by atoms with Crippen molar-refractivity contribution in [1.82, 2.24) is 5.32 Å². The maximum Gasteiger partial charge on any atom is 0.0576 e. The van der Waals surface area contributed by atoms with Crippen LogP contribution < -0.4 is 5.32 Å². The summed E-state index contributed by atoms with van der Waals surface area (Å²) in [5.41, 5.74) is 0. The first-order valence-corrected chi connectivity index (χ1v) is 7.30. The van der Waals surface area contributed by atoms with E-state index < -0.39 is 0 Å². The summed E-state index contributed by atoms with van der Waals surface area (Å²) in [7, 11) is 0. The Hall–Kier alpha value is -0.0800. The van der Waals surface area contributed by atoms with Gasteiger partial charge in [-0.1, -0.05) is 25.7 Å². The highest BCUT2D eigenvalue weighted by Crippen LogP contribution is 2.18. The first kappa shape index (κ1) is 12.4. The van der Waals surface area contributed by atoms with E-state index >= 15 is 0 Å². The van der Waals surface area contributed by atoms with Gasteiger partial charge in [-0.05, 0) is 45.1 Å². The van der Waals surface area contributed by atoms with E-state index in [-0.39, 0.29) is 0 Å². The van der Waals surface area contributed by atoms with Gasteiger partial charge in [0.25, 0.3) is 0 Å². The van der Waals surface area contributed by atoms with Crippen LogP contribution in [0.1, 0.15) is 64.2 Å². The summed E-state index contributed by atoms with van der Waals surface area (Å²) in [6.07, 6.45) is 14.3. The highest BCUT2D eigenvalue weighted by molar-refractivity contribution is 4.71. The number of rotatable bonds is 5. The minimum Gasteiger partial charge on any atom is -0.378 e. The summed E-state index contributed by atoms with van der Waals surface area (Å²) < 4.78 is 5.64. The van der Waals surface area contributed by atoms with Gasteiger partial charge in [0.15, 0.2) is 0 Å². The Balaban J connectivity index is 1.49. The Morgan fingerprint density at radius 2 is 1.75 bits per heavy atom. The molecule has 0 radical (unpaired) electrons. The zero-order chi connectivity index (χ0) is 11.1. The molecule has 1 N–H and O–H groups in total. The van der Waals surface area contributed by atoms with Gasteiger partial charge in [-0.25, -0.2) is 0 Å².